The molecule has 0 saturated carbocycles. The quantitative estimate of drug-likeness (QED) is 0.851. The van der Waals surface area contributed by atoms with Crippen molar-refractivity contribution in [2.45, 2.75) is 38.3 Å². The predicted molar refractivity (Wildman–Crippen MR) is 71.4 cm³/mol. The van der Waals surface area contributed by atoms with Gasteiger partial charge in [-0.15, -0.1) is 0 Å². The zero-order valence-electron chi connectivity index (χ0n) is 11.1. The van der Waals surface area contributed by atoms with Crippen LogP contribution in [0.4, 0.5) is 8.78 Å². The van der Waals surface area contributed by atoms with E-state index in [4.69, 9.17) is 16.3 Å². The second kappa shape index (κ2) is 5.73. The number of nitrogens with one attached hydrogen (secondary N) is 1. The number of hydrogen-bond donors (Lipinski definition) is 1. The Labute approximate surface area is 117 Å². The summed E-state index contributed by atoms with van der Waals surface area (Å²) in [5.74, 6) is -1.81. The highest BCUT2D eigenvalue weighted by Gasteiger charge is 2.40. The summed E-state index contributed by atoms with van der Waals surface area (Å²) in [4.78, 5) is 0. The summed E-state index contributed by atoms with van der Waals surface area (Å²) in [5.41, 5.74) is 0.107. The first-order valence-corrected chi connectivity index (χ1v) is 6.87. The first-order valence-electron chi connectivity index (χ1n) is 6.49. The molecule has 0 aromatic heterocycles. The van der Waals surface area contributed by atoms with E-state index in [1.54, 1.807) is 0 Å². The van der Waals surface area contributed by atoms with Crippen molar-refractivity contribution in [1.82, 2.24) is 5.32 Å². The van der Waals surface area contributed by atoms with E-state index in [0.717, 1.165) is 25.0 Å². The number of rotatable bonds is 4. The molecule has 1 aromatic carbocycles. The standard InChI is InChI=1S/C14H18ClF2NO/c1-3-18-13(14(2)5-4-6-19-14)9-7-11(16)12(17)8-10(9)15/h7-8,13,18H,3-6H2,1-2H3. The maximum atomic E-state index is 13.5. The minimum absolute atomic E-state index is 0.224. The van der Waals surface area contributed by atoms with E-state index < -0.39 is 17.2 Å². The van der Waals surface area contributed by atoms with Crippen LogP contribution in [0.5, 0.6) is 0 Å². The van der Waals surface area contributed by atoms with Crippen LogP contribution in [0.2, 0.25) is 5.02 Å². The predicted octanol–water partition coefficient (Wildman–Crippen LogP) is 3.84. The smallest absolute Gasteiger partial charge is 0.160 e. The molecule has 0 amide bonds. The van der Waals surface area contributed by atoms with Crippen LogP contribution in [0.15, 0.2) is 12.1 Å². The van der Waals surface area contributed by atoms with Crippen LogP contribution in [-0.2, 0) is 4.74 Å². The number of ether oxygens (including phenoxy) is 1. The fourth-order valence-corrected chi connectivity index (χ4v) is 2.91. The van der Waals surface area contributed by atoms with Gasteiger partial charge in [0.15, 0.2) is 11.6 Å². The second-order valence-corrected chi connectivity index (χ2v) is 5.45. The van der Waals surface area contributed by atoms with Crippen LogP contribution in [0.25, 0.3) is 0 Å². The molecular formula is C14H18ClF2NO. The summed E-state index contributed by atoms with van der Waals surface area (Å²) in [6.07, 6.45) is 1.82. The summed E-state index contributed by atoms with van der Waals surface area (Å²) in [6, 6.07) is 1.94. The summed E-state index contributed by atoms with van der Waals surface area (Å²) >= 11 is 6.07. The summed E-state index contributed by atoms with van der Waals surface area (Å²) < 4.78 is 32.4. The Balaban J connectivity index is 2.41. The first kappa shape index (κ1) is 14.7. The maximum Gasteiger partial charge on any atom is 0.160 e. The number of hydrogen-bond acceptors (Lipinski definition) is 2. The fourth-order valence-electron chi connectivity index (χ4n) is 2.65. The molecule has 2 rings (SSSR count). The van der Waals surface area contributed by atoms with Crippen molar-refractivity contribution in [2.24, 2.45) is 0 Å². The fraction of sp³-hybridized carbons (Fsp3) is 0.571. The van der Waals surface area contributed by atoms with Crippen LogP contribution in [0, 0.1) is 11.6 Å². The lowest BCUT2D eigenvalue weighted by atomic mass is 9.87. The summed E-state index contributed by atoms with van der Waals surface area (Å²) in [5, 5.41) is 3.49. The number of likely N-dealkylation sites (N-methyl/N-ethyl adjacent to an activating group) is 1. The zero-order valence-corrected chi connectivity index (χ0v) is 11.9. The summed E-state index contributed by atoms with van der Waals surface area (Å²) in [7, 11) is 0. The Morgan fingerprint density at radius 3 is 2.68 bits per heavy atom. The van der Waals surface area contributed by atoms with E-state index in [1.807, 2.05) is 13.8 Å². The van der Waals surface area contributed by atoms with Crippen molar-refractivity contribution in [3.05, 3.63) is 34.4 Å². The molecule has 0 radical (unpaired) electrons. The lowest BCUT2D eigenvalue weighted by Crippen LogP contribution is -2.41. The molecule has 1 N–H and O–H groups in total. The Bertz CT molecular complexity index is 461. The minimum atomic E-state index is -0.929. The van der Waals surface area contributed by atoms with Gasteiger partial charge in [-0.25, -0.2) is 8.78 Å². The molecule has 0 bridgehead atoms. The van der Waals surface area contributed by atoms with Crippen LogP contribution in [0.3, 0.4) is 0 Å². The molecule has 2 nitrogen and oxygen atoms in total. The normalized spacial score (nSPS) is 24.7. The van der Waals surface area contributed by atoms with E-state index in [-0.39, 0.29) is 11.1 Å². The zero-order chi connectivity index (χ0) is 14.0. The lowest BCUT2D eigenvalue weighted by molar-refractivity contribution is -0.0121. The van der Waals surface area contributed by atoms with E-state index >= 15 is 0 Å². The van der Waals surface area contributed by atoms with Gasteiger partial charge in [0.2, 0.25) is 0 Å². The summed E-state index contributed by atoms with van der Waals surface area (Å²) in [6.45, 7) is 5.31. The van der Waals surface area contributed by atoms with E-state index in [2.05, 4.69) is 5.32 Å². The van der Waals surface area contributed by atoms with Gasteiger partial charge in [-0.1, -0.05) is 18.5 Å². The van der Waals surface area contributed by atoms with Gasteiger partial charge in [-0.2, -0.15) is 0 Å². The highest BCUT2D eigenvalue weighted by atomic mass is 35.5. The molecule has 1 saturated heterocycles. The molecule has 2 atom stereocenters. The topological polar surface area (TPSA) is 21.3 Å². The van der Waals surface area contributed by atoms with Gasteiger partial charge in [0, 0.05) is 11.6 Å². The molecule has 1 heterocycles. The van der Waals surface area contributed by atoms with Gasteiger partial charge in [-0.05, 0) is 44.0 Å². The highest BCUT2D eigenvalue weighted by molar-refractivity contribution is 6.31. The SMILES string of the molecule is CCNC(c1cc(F)c(F)cc1Cl)C1(C)CCCO1. The molecule has 2 unspecified atom stereocenters. The molecule has 1 aliphatic heterocycles. The van der Waals surface area contributed by atoms with Gasteiger partial charge in [0.05, 0.1) is 11.6 Å². The van der Waals surface area contributed by atoms with Crippen LogP contribution < -0.4 is 5.32 Å². The molecule has 19 heavy (non-hydrogen) atoms. The monoisotopic (exact) mass is 289 g/mol. The molecule has 1 aromatic rings. The maximum absolute atomic E-state index is 13.5. The number of benzene rings is 1. The van der Waals surface area contributed by atoms with Gasteiger partial charge in [-0.3, -0.25) is 0 Å². The molecule has 5 heteroatoms. The Morgan fingerprint density at radius 2 is 2.11 bits per heavy atom. The largest absolute Gasteiger partial charge is 0.373 e. The second-order valence-electron chi connectivity index (χ2n) is 5.04. The third-order valence-corrected chi connectivity index (χ3v) is 3.95. The van der Waals surface area contributed by atoms with E-state index in [9.17, 15) is 8.78 Å². The van der Waals surface area contributed by atoms with Gasteiger partial charge < -0.3 is 10.1 Å². The van der Waals surface area contributed by atoms with E-state index in [0.29, 0.717) is 18.7 Å². The lowest BCUT2D eigenvalue weighted by Gasteiger charge is -2.34. The van der Waals surface area contributed by atoms with Crippen LogP contribution in [0.1, 0.15) is 38.3 Å². The van der Waals surface area contributed by atoms with Gasteiger partial charge in [0.1, 0.15) is 0 Å². The minimum Gasteiger partial charge on any atom is -0.373 e. The van der Waals surface area contributed by atoms with Crippen molar-refractivity contribution in [3.8, 4) is 0 Å². The van der Waals surface area contributed by atoms with Crippen LogP contribution >= 0.6 is 11.6 Å². The number of halogens is 3. The average Bonchev–Trinajstić information content (AvgIpc) is 2.79. The van der Waals surface area contributed by atoms with E-state index in [1.165, 1.54) is 0 Å². The Kier molecular flexibility index (Phi) is 4.43. The van der Waals surface area contributed by atoms with Crippen molar-refractivity contribution >= 4 is 11.6 Å². The van der Waals surface area contributed by atoms with Gasteiger partial charge in [0.25, 0.3) is 0 Å². The first-order chi connectivity index (χ1) is 8.98. The molecule has 0 spiro atoms. The molecule has 1 aliphatic rings. The van der Waals surface area contributed by atoms with Crippen molar-refractivity contribution in [2.75, 3.05) is 13.2 Å². The van der Waals surface area contributed by atoms with Crippen LogP contribution in [-0.4, -0.2) is 18.8 Å². The average molecular weight is 290 g/mol. The van der Waals surface area contributed by atoms with Crippen molar-refractivity contribution in [3.63, 3.8) is 0 Å². The van der Waals surface area contributed by atoms with Crippen molar-refractivity contribution < 1.29 is 13.5 Å². The molecular weight excluding hydrogens is 272 g/mol. The molecule has 1 fully saturated rings. The third kappa shape index (κ3) is 2.91. The Morgan fingerprint density at radius 1 is 1.42 bits per heavy atom. The third-order valence-electron chi connectivity index (χ3n) is 3.62. The molecule has 0 aliphatic carbocycles. The van der Waals surface area contributed by atoms with Gasteiger partial charge >= 0.3 is 0 Å². The van der Waals surface area contributed by atoms with Crippen molar-refractivity contribution in [1.29, 1.82) is 0 Å². The molecule has 106 valence electrons. The Hall–Kier alpha value is -0.710. The highest BCUT2D eigenvalue weighted by Crippen LogP contribution is 2.40.